The van der Waals surface area contributed by atoms with Gasteiger partial charge >= 0.3 is 0 Å². The monoisotopic (exact) mass is 617 g/mol. The highest BCUT2D eigenvalue weighted by Crippen LogP contribution is 2.42. The lowest BCUT2D eigenvalue weighted by molar-refractivity contribution is 0.669. The van der Waals surface area contributed by atoms with Crippen LogP contribution in [-0.4, -0.2) is 0 Å². The Bertz CT molecular complexity index is 2810. The zero-order valence-corrected chi connectivity index (χ0v) is 26.2. The summed E-state index contributed by atoms with van der Waals surface area (Å²) in [7, 11) is 0. The lowest BCUT2D eigenvalue weighted by atomic mass is 10.00. The van der Waals surface area contributed by atoms with E-state index in [4.69, 9.17) is 4.42 Å². The standard InChI is InChI=1S/C44H27NOS/c1-2-8-35-29(7-1)13-14-30-17-21-33(26-38(30)35)45(34-22-23-42-39(27-34)36-9-3-5-11-41(36)46-42)32-19-15-28(16-20-32)31-18-24-44-40(25-31)37-10-4-6-12-43(37)47-44/h1-27H. The van der Waals surface area contributed by atoms with Gasteiger partial charge < -0.3 is 9.32 Å². The molecule has 0 saturated carbocycles. The molecule has 0 aliphatic carbocycles. The summed E-state index contributed by atoms with van der Waals surface area (Å²) < 4.78 is 8.86. The zero-order chi connectivity index (χ0) is 30.9. The summed E-state index contributed by atoms with van der Waals surface area (Å²) in [6, 6.07) is 59.2. The van der Waals surface area contributed by atoms with Crippen molar-refractivity contribution < 1.29 is 4.42 Å². The summed E-state index contributed by atoms with van der Waals surface area (Å²) in [6.45, 7) is 0. The van der Waals surface area contributed by atoms with Gasteiger partial charge in [0.15, 0.2) is 0 Å². The van der Waals surface area contributed by atoms with Crippen molar-refractivity contribution >= 4 is 92.1 Å². The SMILES string of the molecule is c1ccc2c(c1)ccc1ccc(N(c3ccc(-c4ccc5sc6ccccc6c5c4)cc3)c3ccc4oc5ccccc5c4c3)cc12. The van der Waals surface area contributed by atoms with Crippen LogP contribution >= 0.6 is 11.3 Å². The number of thiophene rings is 1. The minimum atomic E-state index is 0.895. The van der Waals surface area contributed by atoms with Crippen LogP contribution in [0.3, 0.4) is 0 Å². The first-order valence-corrected chi connectivity index (χ1v) is 16.7. The molecule has 2 nitrogen and oxygen atoms in total. The van der Waals surface area contributed by atoms with Crippen LogP contribution in [0.2, 0.25) is 0 Å². The molecule has 220 valence electrons. The van der Waals surface area contributed by atoms with Gasteiger partial charge in [-0.2, -0.15) is 0 Å². The smallest absolute Gasteiger partial charge is 0.135 e. The Morgan fingerprint density at radius 2 is 0.957 bits per heavy atom. The second-order valence-corrected chi connectivity index (χ2v) is 13.2. The predicted octanol–water partition coefficient (Wildman–Crippen LogP) is 13.4. The number of rotatable bonds is 4. The first kappa shape index (κ1) is 26.3. The number of hydrogen-bond acceptors (Lipinski definition) is 3. The van der Waals surface area contributed by atoms with Crippen LogP contribution in [0.15, 0.2) is 168 Å². The number of anilines is 3. The van der Waals surface area contributed by atoms with E-state index in [-0.39, 0.29) is 0 Å². The van der Waals surface area contributed by atoms with Crippen molar-refractivity contribution in [2.45, 2.75) is 0 Å². The molecule has 10 aromatic rings. The summed E-state index contributed by atoms with van der Waals surface area (Å²) in [6.07, 6.45) is 0. The van der Waals surface area contributed by atoms with Gasteiger partial charge in [0.05, 0.1) is 0 Å². The molecule has 0 aliphatic rings. The quantitative estimate of drug-likeness (QED) is 0.183. The van der Waals surface area contributed by atoms with Gasteiger partial charge in [-0.05, 0) is 99.4 Å². The van der Waals surface area contributed by atoms with E-state index < -0.39 is 0 Å². The van der Waals surface area contributed by atoms with Crippen molar-refractivity contribution in [2.24, 2.45) is 0 Å². The fourth-order valence-electron chi connectivity index (χ4n) is 7.14. The summed E-state index contributed by atoms with van der Waals surface area (Å²) in [5.74, 6) is 0. The van der Waals surface area contributed by atoms with Crippen molar-refractivity contribution in [3.8, 4) is 11.1 Å². The Morgan fingerprint density at radius 3 is 1.83 bits per heavy atom. The van der Waals surface area contributed by atoms with Crippen molar-refractivity contribution in [1.82, 2.24) is 0 Å². The fourth-order valence-corrected chi connectivity index (χ4v) is 8.22. The highest BCUT2D eigenvalue weighted by atomic mass is 32.1. The van der Waals surface area contributed by atoms with E-state index in [0.717, 1.165) is 39.0 Å². The van der Waals surface area contributed by atoms with Crippen LogP contribution < -0.4 is 4.90 Å². The fraction of sp³-hybridized carbons (Fsp3) is 0. The highest BCUT2D eigenvalue weighted by Gasteiger charge is 2.17. The largest absolute Gasteiger partial charge is 0.456 e. The van der Waals surface area contributed by atoms with Crippen LogP contribution in [0.1, 0.15) is 0 Å². The third-order valence-corrected chi connectivity index (χ3v) is 10.6. The van der Waals surface area contributed by atoms with Crippen LogP contribution in [0.25, 0.3) is 74.8 Å². The van der Waals surface area contributed by atoms with E-state index in [0.29, 0.717) is 0 Å². The lowest BCUT2D eigenvalue weighted by Gasteiger charge is -2.26. The molecule has 0 N–H and O–H groups in total. The average molecular weight is 618 g/mol. The molecule has 0 fully saturated rings. The van der Waals surface area contributed by atoms with E-state index >= 15 is 0 Å². The molecule has 47 heavy (non-hydrogen) atoms. The van der Waals surface area contributed by atoms with E-state index in [1.54, 1.807) is 0 Å². The van der Waals surface area contributed by atoms with Gasteiger partial charge in [-0.25, -0.2) is 0 Å². The summed E-state index contributed by atoms with van der Waals surface area (Å²) in [5, 5.41) is 9.86. The van der Waals surface area contributed by atoms with Gasteiger partial charge in [-0.1, -0.05) is 97.1 Å². The Kier molecular flexibility index (Phi) is 5.78. The minimum absolute atomic E-state index is 0.895. The van der Waals surface area contributed by atoms with Crippen molar-refractivity contribution in [3.63, 3.8) is 0 Å². The lowest BCUT2D eigenvalue weighted by Crippen LogP contribution is -2.09. The van der Waals surface area contributed by atoms with Gasteiger partial charge in [0.25, 0.3) is 0 Å². The third-order valence-electron chi connectivity index (χ3n) is 9.44. The van der Waals surface area contributed by atoms with Gasteiger partial charge in [-0.15, -0.1) is 11.3 Å². The van der Waals surface area contributed by atoms with Crippen LogP contribution in [0.4, 0.5) is 17.1 Å². The maximum Gasteiger partial charge on any atom is 0.135 e. The second-order valence-electron chi connectivity index (χ2n) is 12.2. The Labute approximate surface area is 275 Å². The molecule has 0 amide bonds. The van der Waals surface area contributed by atoms with Gasteiger partial charge in [-0.3, -0.25) is 0 Å². The maximum atomic E-state index is 6.20. The number of hydrogen-bond donors (Lipinski definition) is 0. The van der Waals surface area contributed by atoms with Crippen molar-refractivity contribution in [3.05, 3.63) is 164 Å². The Morgan fingerprint density at radius 1 is 0.362 bits per heavy atom. The van der Waals surface area contributed by atoms with E-state index in [1.807, 2.05) is 23.5 Å². The highest BCUT2D eigenvalue weighted by molar-refractivity contribution is 7.25. The molecule has 3 heteroatoms. The Hall–Kier alpha value is -5.90. The summed E-state index contributed by atoms with van der Waals surface area (Å²) in [4.78, 5) is 2.36. The molecule has 0 saturated heterocycles. The maximum absolute atomic E-state index is 6.20. The van der Waals surface area contributed by atoms with Crippen LogP contribution in [-0.2, 0) is 0 Å². The van der Waals surface area contributed by atoms with E-state index in [1.165, 1.54) is 52.8 Å². The molecule has 0 radical (unpaired) electrons. The van der Waals surface area contributed by atoms with Gasteiger partial charge in [0, 0.05) is 48.0 Å². The molecule has 2 heterocycles. The number of nitrogens with zero attached hydrogens (tertiary/aromatic N) is 1. The van der Waals surface area contributed by atoms with Gasteiger partial charge in [0.1, 0.15) is 11.2 Å². The second kappa shape index (κ2) is 10.3. The normalized spacial score (nSPS) is 11.8. The minimum Gasteiger partial charge on any atom is -0.456 e. The zero-order valence-electron chi connectivity index (χ0n) is 25.4. The molecule has 0 aliphatic heterocycles. The molecule has 0 bridgehead atoms. The van der Waals surface area contributed by atoms with E-state index in [2.05, 4.69) is 157 Å². The number of para-hydroxylation sites is 1. The van der Waals surface area contributed by atoms with E-state index in [9.17, 15) is 0 Å². The molecular formula is C44H27NOS. The summed E-state index contributed by atoms with van der Waals surface area (Å²) >= 11 is 1.86. The molecule has 0 unspecified atom stereocenters. The molecule has 10 rings (SSSR count). The summed E-state index contributed by atoms with van der Waals surface area (Å²) in [5.41, 5.74) is 7.52. The first-order chi connectivity index (χ1) is 23.3. The van der Waals surface area contributed by atoms with Crippen LogP contribution in [0, 0.1) is 0 Å². The average Bonchev–Trinajstić information content (AvgIpc) is 3.70. The third kappa shape index (κ3) is 4.25. The molecule has 0 atom stereocenters. The van der Waals surface area contributed by atoms with Crippen LogP contribution in [0.5, 0.6) is 0 Å². The molecule has 0 spiro atoms. The Balaban J connectivity index is 1.14. The number of furan rings is 1. The number of fused-ring (bicyclic) bond motifs is 9. The molecule has 8 aromatic carbocycles. The number of benzene rings is 8. The van der Waals surface area contributed by atoms with Gasteiger partial charge in [0.2, 0.25) is 0 Å². The topological polar surface area (TPSA) is 16.4 Å². The molecule has 2 aromatic heterocycles. The predicted molar refractivity (Wildman–Crippen MR) is 202 cm³/mol. The van der Waals surface area contributed by atoms with Crippen molar-refractivity contribution in [1.29, 1.82) is 0 Å². The van der Waals surface area contributed by atoms with Crippen molar-refractivity contribution in [2.75, 3.05) is 4.90 Å². The molecular weight excluding hydrogens is 591 g/mol. The first-order valence-electron chi connectivity index (χ1n) is 15.9.